The topological polar surface area (TPSA) is 51.1 Å². The molecule has 2 aromatic rings. The van der Waals surface area contributed by atoms with Gasteiger partial charge in [0, 0.05) is 35.0 Å². The van der Waals surface area contributed by atoms with Gasteiger partial charge in [-0.1, -0.05) is 31.0 Å². The minimum Gasteiger partial charge on any atom is -0.355 e. The van der Waals surface area contributed by atoms with E-state index in [1.54, 1.807) is 29.8 Å². The normalized spacial score (nSPS) is 10.9. The van der Waals surface area contributed by atoms with Crippen molar-refractivity contribution in [2.45, 2.75) is 24.7 Å². The van der Waals surface area contributed by atoms with E-state index in [9.17, 15) is 9.59 Å². The molecule has 4 nitrogen and oxygen atoms in total. The van der Waals surface area contributed by atoms with E-state index in [0.717, 1.165) is 28.6 Å². The van der Waals surface area contributed by atoms with Gasteiger partial charge in [0.05, 0.1) is 11.3 Å². The molecular weight excluding hydrogens is 320 g/mol. The first-order chi connectivity index (χ1) is 10.5. The Morgan fingerprint density at radius 2 is 2.14 bits per heavy atom. The summed E-state index contributed by atoms with van der Waals surface area (Å²) in [4.78, 5) is 24.6. The molecule has 0 aliphatic heterocycles. The van der Waals surface area contributed by atoms with Gasteiger partial charge < -0.3 is 9.88 Å². The van der Waals surface area contributed by atoms with Crippen LogP contribution in [0.15, 0.2) is 34.0 Å². The molecule has 0 aliphatic rings. The van der Waals surface area contributed by atoms with Crippen molar-refractivity contribution in [2.24, 2.45) is 7.05 Å². The lowest BCUT2D eigenvalue weighted by Crippen LogP contribution is -2.26. The van der Waals surface area contributed by atoms with E-state index >= 15 is 0 Å². The van der Waals surface area contributed by atoms with Gasteiger partial charge in [-0.25, -0.2) is 0 Å². The lowest BCUT2D eigenvalue weighted by atomic mass is 10.2. The third-order valence-electron chi connectivity index (χ3n) is 3.38. The Kier molecular flexibility index (Phi) is 5.91. The predicted molar refractivity (Wildman–Crippen MR) is 92.8 cm³/mol. The maximum absolute atomic E-state index is 12.0. The number of rotatable bonds is 6. The Morgan fingerprint density at radius 3 is 2.86 bits per heavy atom. The van der Waals surface area contributed by atoms with Crippen molar-refractivity contribution < 1.29 is 4.79 Å². The van der Waals surface area contributed by atoms with Crippen molar-refractivity contribution in [2.75, 3.05) is 12.3 Å². The highest BCUT2D eigenvalue weighted by Crippen LogP contribution is 2.27. The summed E-state index contributed by atoms with van der Waals surface area (Å²) < 4.78 is 1.56. The lowest BCUT2D eigenvalue weighted by molar-refractivity contribution is -0.118. The molecule has 0 bridgehead atoms. The van der Waals surface area contributed by atoms with Crippen molar-refractivity contribution in [3.05, 3.63) is 39.6 Å². The summed E-state index contributed by atoms with van der Waals surface area (Å²) >= 11 is 7.38. The molecule has 6 heteroatoms. The second kappa shape index (κ2) is 7.70. The Hall–Kier alpha value is -1.46. The highest BCUT2D eigenvalue weighted by Gasteiger charge is 2.10. The number of thioether (sulfide) groups is 1. The van der Waals surface area contributed by atoms with Crippen molar-refractivity contribution >= 4 is 40.2 Å². The largest absolute Gasteiger partial charge is 0.355 e. The summed E-state index contributed by atoms with van der Waals surface area (Å²) in [5.41, 5.74) is 0.664. The van der Waals surface area contributed by atoms with Gasteiger partial charge in [0.25, 0.3) is 5.56 Å². The number of nitrogens with one attached hydrogen (secondary N) is 1. The molecule has 22 heavy (non-hydrogen) atoms. The number of hydrogen-bond acceptors (Lipinski definition) is 3. The smallest absolute Gasteiger partial charge is 0.251 e. The van der Waals surface area contributed by atoms with Gasteiger partial charge in [-0.2, -0.15) is 0 Å². The van der Waals surface area contributed by atoms with E-state index in [4.69, 9.17) is 11.6 Å². The maximum Gasteiger partial charge on any atom is 0.251 e. The quantitative estimate of drug-likeness (QED) is 0.650. The van der Waals surface area contributed by atoms with Gasteiger partial charge >= 0.3 is 0 Å². The van der Waals surface area contributed by atoms with Crippen molar-refractivity contribution in [1.29, 1.82) is 0 Å². The van der Waals surface area contributed by atoms with Crippen LogP contribution in [-0.2, 0) is 11.8 Å². The average Bonchev–Trinajstić information content (AvgIpc) is 2.50. The van der Waals surface area contributed by atoms with Crippen LogP contribution in [0.25, 0.3) is 10.9 Å². The summed E-state index contributed by atoms with van der Waals surface area (Å²) in [5.74, 6) is 0.287. The minimum atomic E-state index is -0.108. The number of aryl methyl sites for hydroxylation is 1. The van der Waals surface area contributed by atoms with E-state index in [2.05, 4.69) is 12.2 Å². The molecule has 1 N–H and O–H groups in total. The zero-order valence-corrected chi connectivity index (χ0v) is 14.3. The fourth-order valence-corrected chi connectivity index (χ4v) is 3.18. The lowest BCUT2D eigenvalue weighted by Gasteiger charge is -2.10. The fraction of sp³-hybridized carbons (Fsp3) is 0.375. The van der Waals surface area contributed by atoms with Gasteiger partial charge in [-0.15, -0.1) is 11.8 Å². The fourth-order valence-electron chi connectivity index (χ4n) is 2.11. The number of hydrogen-bond donors (Lipinski definition) is 1. The Balaban J connectivity index is 2.19. The first-order valence-electron chi connectivity index (χ1n) is 7.21. The molecule has 1 aromatic heterocycles. The highest BCUT2D eigenvalue weighted by atomic mass is 35.5. The minimum absolute atomic E-state index is 0.0127. The van der Waals surface area contributed by atoms with E-state index in [1.807, 2.05) is 6.07 Å². The summed E-state index contributed by atoms with van der Waals surface area (Å²) in [6.45, 7) is 2.78. The van der Waals surface area contributed by atoms with Crippen LogP contribution in [0, 0.1) is 0 Å². The first-order valence-corrected chi connectivity index (χ1v) is 8.58. The van der Waals surface area contributed by atoms with Gasteiger partial charge in [-0.05, 0) is 18.6 Å². The standard InChI is InChI=1S/C16H19ClN2O2S/c1-3-4-7-18-15(20)10-22-14-9-16(21)19(2)13-8-11(17)5-6-12(13)14/h5-6,8-9H,3-4,7,10H2,1-2H3,(H,18,20). The molecule has 0 saturated carbocycles. The zero-order valence-electron chi connectivity index (χ0n) is 12.7. The van der Waals surface area contributed by atoms with Gasteiger partial charge in [0.2, 0.25) is 5.91 Å². The third kappa shape index (κ3) is 4.05. The number of aromatic nitrogens is 1. The van der Waals surface area contributed by atoms with Crippen LogP contribution < -0.4 is 10.9 Å². The summed E-state index contributed by atoms with van der Waals surface area (Å²) in [6, 6.07) is 7.01. The van der Waals surface area contributed by atoms with Crippen LogP contribution in [-0.4, -0.2) is 22.8 Å². The monoisotopic (exact) mass is 338 g/mol. The molecule has 0 atom stereocenters. The molecule has 0 radical (unpaired) electrons. The van der Waals surface area contributed by atoms with Crippen LogP contribution in [0.2, 0.25) is 5.02 Å². The molecule has 2 rings (SSSR count). The Morgan fingerprint density at radius 1 is 1.36 bits per heavy atom. The van der Waals surface area contributed by atoms with Gasteiger partial charge in [-0.3, -0.25) is 9.59 Å². The van der Waals surface area contributed by atoms with Gasteiger partial charge in [0.15, 0.2) is 0 Å². The van der Waals surface area contributed by atoms with E-state index < -0.39 is 0 Å². The summed E-state index contributed by atoms with van der Waals surface area (Å²) in [7, 11) is 1.72. The molecule has 1 amide bonds. The number of carbonyl (C=O) groups is 1. The van der Waals surface area contributed by atoms with E-state index in [-0.39, 0.29) is 11.5 Å². The van der Waals surface area contributed by atoms with Crippen LogP contribution in [0.1, 0.15) is 19.8 Å². The number of unbranched alkanes of at least 4 members (excludes halogenated alkanes) is 1. The summed E-state index contributed by atoms with van der Waals surface area (Å²) in [5, 5.41) is 4.39. The molecule has 0 fully saturated rings. The molecular formula is C16H19ClN2O2S. The molecule has 118 valence electrons. The molecule has 1 aromatic carbocycles. The van der Waals surface area contributed by atoms with Crippen LogP contribution in [0.5, 0.6) is 0 Å². The molecule has 0 unspecified atom stereocenters. The van der Waals surface area contributed by atoms with E-state index in [0.29, 0.717) is 17.3 Å². The number of carbonyl (C=O) groups excluding carboxylic acids is 1. The van der Waals surface area contributed by atoms with Gasteiger partial charge in [0.1, 0.15) is 0 Å². The number of fused-ring (bicyclic) bond motifs is 1. The first kappa shape index (κ1) is 16.9. The maximum atomic E-state index is 12.0. The Labute approximate surface area is 138 Å². The zero-order chi connectivity index (χ0) is 16.1. The van der Waals surface area contributed by atoms with Crippen LogP contribution in [0.3, 0.4) is 0 Å². The molecule has 0 aliphatic carbocycles. The van der Waals surface area contributed by atoms with Crippen LogP contribution >= 0.6 is 23.4 Å². The van der Waals surface area contributed by atoms with Crippen LogP contribution in [0.4, 0.5) is 0 Å². The third-order valence-corrected chi connectivity index (χ3v) is 4.67. The number of amides is 1. The highest BCUT2D eigenvalue weighted by molar-refractivity contribution is 8.00. The number of pyridine rings is 1. The molecule has 1 heterocycles. The number of nitrogens with zero attached hydrogens (tertiary/aromatic N) is 1. The predicted octanol–water partition coefficient (Wildman–Crippen LogP) is 3.20. The van der Waals surface area contributed by atoms with E-state index in [1.165, 1.54) is 11.8 Å². The molecule has 0 saturated heterocycles. The number of benzene rings is 1. The second-order valence-corrected chi connectivity index (χ2v) is 6.51. The van der Waals surface area contributed by atoms with Crippen molar-refractivity contribution in [1.82, 2.24) is 9.88 Å². The van der Waals surface area contributed by atoms with Crippen molar-refractivity contribution in [3.8, 4) is 0 Å². The number of halogens is 1. The SMILES string of the molecule is CCCCNC(=O)CSc1cc(=O)n(C)c2cc(Cl)ccc12. The van der Waals surface area contributed by atoms with Crippen molar-refractivity contribution in [3.63, 3.8) is 0 Å². The molecule has 0 spiro atoms. The second-order valence-electron chi connectivity index (χ2n) is 5.06. The summed E-state index contributed by atoms with van der Waals surface area (Å²) in [6.07, 6.45) is 2.03. The Bertz CT molecular complexity index is 743. The average molecular weight is 339 g/mol.